The van der Waals surface area contributed by atoms with Crippen LogP contribution >= 0.6 is 11.8 Å². The van der Waals surface area contributed by atoms with Crippen LogP contribution in [0.5, 0.6) is 5.75 Å². The highest BCUT2D eigenvalue weighted by molar-refractivity contribution is 8.13. The highest BCUT2D eigenvalue weighted by Crippen LogP contribution is 2.33. The second kappa shape index (κ2) is 7.35. The normalized spacial score (nSPS) is 17.8. The van der Waals surface area contributed by atoms with Crippen molar-refractivity contribution in [2.45, 2.75) is 26.8 Å². The molecule has 0 aromatic heterocycles. The zero-order chi connectivity index (χ0) is 16.1. The molecule has 0 radical (unpaired) electrons. The van der Waals surface area contributed by atoms with Gasteiger partial charge < -0.3 is 15.2 Å². The number of carbonyl (C=O) groups is 1. The van der Waals surface area contributed by atoms with Crippen LogP contribution in [0.25, 0.3) is 0 Å². The molecule has 1 unspecified atom stereocenters. The summed E-state index contributed by atoms with van der Waals surface area (Å²) in [5, 5.41) is 13.3. The van der Waals surface area contributed by atoms with Crippen molar-refractivity contribution in [3.63, 3.8) is 0 Å². The van der Waals surface area contributed by atoms with Crippen LogP contribution in [-0.2, 0) is 4.79 Å². The second-order valence-electron chi connectivity index (χ2n) is 4.74. The molecule has 0 saturated heterocycles. The number of benzene rings is 1. The van der Waals surface area contributed by atoms with Gasteiger partial charge in [-0.15, -0.1) is 0 Å². The third-order valence-corrected chi connectivity index (χ3v) is 4.01. The van der Waals surface area contributed by atoms with Gasteiger partial charge in [0.1, 0.15) is 11.8 Å². The van der Waals surface area contributed by atoms with E-state index in [1.807, 2.05) is 38.1 Å². The molecule has 0 spiro atoms. The first-order chi connectivity index (χ1) is 10.6. The molecule has 1 heterocycles. The Morgan fingerprint density at radius 3 is 2.59 bits per heavy atom. The summed E-state index contributed by atoms with van der Waals surface area (Å²) in [4.78, 5) is 16.1. The van der Waals surface area contributed by atoms with Crippen molar-refractivity contribution in [3.05, 3.63) is 41.1 Å². The van der Waals surface area contributed by atoms with E-state index in [9.17, 15) is 9.90 Å². The number of amidine groups is 1. The number of nitrogens with one attached hydrogen (secondary N) is 1. The minimum atomic E-state index is -0.951. The molecule has 1 aliphatic heterocycles. The van der Waals surface area contributed by atoms with Crippen LogP contribution in [0.1, 0.15) is 32.4 Å². The summed E-state index contributed by atoms with van der Waals surface area (Å²) < 4.78 is 5.42. The molecule has 22 heavy (non-hydrogen) atoms. The monoisotopic (exact) mass is 320 g/mol. The molecule has 1 aliphatic rings. The SMILES string of the molecule is CCOc1ccc(C2N=C(SCC)NC(C)=C2C(=O)O)cc1. The van der Waals surface area contributed by atoms with Crippen LogP contribution in [0.4, 0.5) is 0 Å². The molecule has 118 valence electrons. The summed E-state index contributed by atoms with van der Waals surface area (Å²) in [6.07, 6.45) is 0. The number of nitrogens with zero attached hydrogens (tertiary/aromatic N) is 1. The lowest BCUT2D eigenvalue weighted by molar-refractivity contribution is -0.133. The van der Waals surface area contributed by atoms with Crippen LogP contribution in [0.3, 0.4) is 0 Å². The number of hydrogen-bond donors (Lipinski definition) is 2. The molecule has 2 rings (SSSR count). The van der Waals surface area contributed by atoms with Gasteiger partial charge in [0, 0.05) is 5.70 Å². The molecule has 0 saturated carbocycles. The van der Waals surface area contributed by atoms with Gasteiger partial charge in [0.2, 0.25) is 0 Å². The maximum Gasteiger partial charge on any atom is 0.335 e. The third-order valence-electron chi connectivity index (χ3n) is 3.24. The number of hydrogen-bond acceptors (Lipinski definition) is 5. The van der Waals surface area contributed by atoms with Crippen molar-refractivity contribution < 1.29 is 14.6 Å². The van der Waals surface area contributed by atoms with Gasteiger partial charge in [-0.2, -0.15) is 0 Å². The number of rotatable bonds is 5. The Kier molecular flexibility index (Phi) is 5.49. The van der Waals surface area contributed by atoms with Crippen molar-refractivity contribution >= 4 is 22.9 Å². The summed E-state index contributed by atoms with van der Waals surface area (Å²) >= 11 is 1.57. The van der Waals surface area contributed by atoms with Crippen LogP contribution in [-0.4, -0.2) is 28.6 Å². The van der Waals surface area contributed by atoms with Crippen molar-refractivity contribution in [1.82, 2.24) is 5.32 Å². The van der Waals surface area contributed by atoms with E-state index in [-0.39, 0.29) is 5.57 Å². The van der Waals surface area contributed by atoms with E-state index in [1.165, 1.54) is 0 Å². The fourth-order valence-corrected chi connectivity index (χ4v) is 2.97. The van der Waals surface area contributed by atoms with Crippen LogP contribution < -0.4 is 10.1 Å². The summed E-state index contributed by atoms with van der Waals surface area (Å²) in [5.41, 5.74) is 1.76. The van der Waals surface area contributed by atoms with Gasteiger partial charge in [-0.3, -0.25) is 0 Å². The molecule has 6 heteroatoms. The number of allylic oxidation sites excluding steroid dienone is 1. The second-order valence-corrected chi connectivity index (χ2v) is 5.99. The fourth-order valence-electron chi connectivity index (χ4n) is 2.29. The number of aliphatic imine (C=N–C) groups is 1. The standard InChI is InChI=1S/C16H20N2O3S/c1-4-21-12-8-6-11(7-9-12)14-13(15(19)20)10(3)17-16(18-14)22-5-2/h6-9,14H,4-5H2,1-3H3,(H,17,18)(H,19,20). The molecule has 0 aliphatic carbocycles. The third kappa shape index (κ3) is 3.62. The molecule has 1 aromatic carbocycles. The smallest absolute Gasteiger partial charge is 0.335 e. The van der Waals surface area contributed by atoms with Crippen LogP contribution in [0, 0.1) is 0 Å². The van der Waals surface area contributed by atoms with Gasteiger partial charge in [0.15, 0.2) is 5.17 Å². The highest BCUT2D eigenvalue weighted by Gasteiger charge is 2.28. The first-order valence-electron chi connectivity index (χ1n) is 7.21. The highest BCUT2D eigenvalue weighted by atomic mass is 32.2. The van der Waals surface area contributed by atoms with Crippen LogP contribution in [0.2, 0.25) is 0 Å². The maximum absolute atomic E-state index is 11.6. The van der Waals surface area contributed by atoms with E-state index < -0.39 is 12.0 Å². The lowest BCUT2D eigenvalue weighted by Gasteiger charge is -2.24. The number of carboxylic acids is 1. The molecule has 1 atom stereocenters. The minimum absolute atomic E-state index is 0.282. The molecule has 2 N–H and O–H groups in total. The maximum atomic E-state index is 11.6. The zero-order valence-electron chi connectivity index (χ0n) is 12.9. The number of ether oxygens (including phenoxy) is 1. The van der Waals surface area contributed by atoms with Crippen molar-refractivity contribution in [3.8, 4) is 5.75 Å². The van der Waals surface area contributed by atoms with Gasteiger partial charge in [-0.1, -0.05) is 30.8 Å². The topological polar surface area (TPSA) is 70.9 Å². The Balaban J connectivity index is 2.37. The molecule has 0 bridgehead atoms. The Morgan fingerprint density at radius 2 is 2.05 bits per heavy atom. The van der Waals surface area contributed by atoms with E-state index >= 15 is 0 Å². The summed E-state index contributed by atoms with van der Waals surface area (Å²) in [6.45, 7) is 6.33. The van der Waals surface area contributed by atoms with Gasteiger partial charge in [0.25, 0.3) is 0 Å². The van der Waals surface area contributed by atoms with Gasteiger partial charge in [-0.25, -0.2) is 9.79 Å². The summed E-state index contributed by atoms with van der Waals surface area (Å²) in [7, 11) is 0. The Hall–Kier alpha value is -1.95. The average Bonchev–Trinajstić information content (AvgIpc) is 2.47. The summed E-state index contributed by atoms with van der Waals surface area (Å²) in [6, 6.07) is 6.93. The van der Waals surface area contributed by atoms with E-state index in [0.717, 1.165) is 22.2 Å². The lowest BCUT2D eigenvalue weighted by Crippen LogP contribution is -2.29. The molecular formula is C16H20N2O3S. The van der Waals surface area contributed by atoms with Crippen molar-refractivity contribution in [2.24, 2.45) is 4.99 Å². The first kappa shape index (κ1) is 16.4. The van der Waals surface area contributed by atoms with Crippen molar-refractivity contribution in [1.29, 1.82) is 0 Å². The largest absolute Gasteiger partial charge is 0.494 e. The van der Waals surface area contributed by atoms with Gasteiger partial charge >= 0.3 is 5.97 Å². The number of carboxylic acid groups (broad SMARTS) is 1. The molecule has 5 nitrogen and oxygen atoms in total. The molecule has 0 amide bonds. The van der Waals surface area contributed by atoms with E-state index in [4.69, 9.17) is 4.74 Å². The van der Waals surface area contributed by atoms with E-state index in [1.54, 1.807) is 18.7 Å². The number of aliphatic carboxylic acids is 1. The lowest BCUT2D eigenvalue weighted by atomic mass is 9.96. The Bertz CT molecular complexity index is 608. The Labute approximate surface area is 134 Å². The Morgan fingerprint density at radius 1 is 1.36 bits per heavy atom. The quantitative estimate of drug-likeness (QED) is 0.872. The van der Waals surface area contributed by atoms with Crippen LogP contribution in [0.15, 0.2) is 40.5 Å². The summed E-state index contributed by atoms with van der Waals surface area (Å²) in [5.74, 6) is 0.690. The average molecular weight is 320 g/mol. The molecular weight excluding hydrogens is 300 g/mol. The van der Waals surface area contributed by atoms with Crippen molar-refractivity contribution in [2.75, 3.05) is 12.4 Å². The predicted octanol–water partition coefficient (Wildman–Crippen LogP) is 3.20. The van der Waals surface area contributed by atoms with Gasteiger partial charge in [0.05, 0.1) is 12.2 Å². The van der Waals surface area contributed by atoms with E-state index in [2.05, 4.69) is 10.3 Å². The van der Waals surface area contributed by atoms with Gasteiger partial charge in [-0.05, 0) is 37.3 Å². The van der Waals surface area contributed by atoms with E-state index in [0.29, 0.717) is 12.3 Å². The molecule has 0 fully saturated rings. The zero-order valence-corrected chi connectivity index (χ0v) is 13.7. The minimum Gasteiger partial charge on any atom is -0.494 e. The fraction of sp³-hybridized carbons (Fsp3) is 0.375. The predicted molar refractivity (Wildman–Crippen MR) is 89.4 cm³/mol. The first-order valence-corrected chi connectivity index (χ1v) is 8.19. The molecule has 1 aromatic rings. The number of thioether (sulfide) groups is 1.